The molecule has 0 aromatic heterocycles. The maximum absolute atomic E-state index is 11.9. The topological polar surface area (TPSA) is 62.2 Å². The van der Waals surface area contributed by atoms with Crippen LogP contribution in [0.5, 0.6) is 5.75 Å². The number of hydrogen-bond acceptors (Lipinski definition) is 5. The van der Waals surface area contributed by atoms with Gasteiger partial charge in [0.15, 0.2) is 0 Å². The van der Waals surface area contributed by atoms with E-state index in [1.54, 1.807) is 11.9 Å². The molecule has 1 fully saturated rings. The van der Waals surface area contributed by atoms with Crippen molar-refractivity contribution in [3.63, 3.8) is 0 Å². The van der Waals surface area contributed by atoms with Gasteiger partial charge in [-0.1, -0.05) is 17.7 Å². The van der Waals surface area contributed by atoms with Crippen LogP contribution in [0.25, 0.3) is 0 Å². The monoisotopic (exact) mass is 308 g/mol. The molecule has 0 aliphatic carbocycles. The third kappa shape index (κ3) is 4.89. The molecule has 6 nitrogen and oxygen atoms in total. The summed E-state index contributed by atoms with van der Waals surface area (Å²) >= 11 is 0. The van der Waals surface area contributed by atoms with E-state index in [9.17, 15) is 9.90 Å². The number of ether oxygens (including phenoxy) is 2. The number of benzene rings is 1. The number of amides is 1. The summed E-state index contributed by atoms with van der Waals surface area (Å²) in [7, 11) is 0. The quantitative estimate of drug-likeness (QED) is 0.832. The summed E-state index contributed by atoms with van der Waals surface area (Å²) in [5.74, 6) is 0.784. The third-order valence-corrected chi connectivity index (χ3v) is 3.52. The first-order valence-corrected chi connectivity index (χ1v) is 7.63. The van der Waals surface area contributed by atoms with Crippen molar-refractivity contribution >= 4 is 6.09 Å². The summed E-state index contributed by atoms with van der Waals surface area (Å²) in [6.07, 6.45) is -0.129. The number of nitrogens with zero attached hydrogens (tertiary/aromatic N) is 2. The Bertz CT molecular complexity index is 476. The smallest absolute Gasteiger partial charge is 0.424 e. The zero-order valence-electron chi connectivity index (χ0n) is 13.2. The van der Waals surface area contributed by atoms with Crippen molar-refractivity contribution in [2.24, 2.45) is 0 Å². The van der Waals surface area contributed by atoms with E-state index in [1.165, 1.54) is 5.56 Å². The standard InChI is InChI=1S/C16H24N2O4/c1-13-3-5-15(6-4-13)21-12-10-18-16(20)22-11-9-17(18)8-7-14(2)19/h3-6,14,19H,7-12H2,1-2H3. The molecule has 0 saturated carbocycles. The third-order valence-electron chi connectivity index (χ3n) is 3.52. The van der Waals surface area contributed by atoms with Gasteiger partial charge in [-0.05, 0) is 32.4 Å². The van der Waals surface area contributed by atoms with Crippen LogP contribution >= 0.6 is 0 Å². The average molecular weight is 308 g/mol. The van der Waals surface area contributed by atoms with Crippen molar-refractivity contribution in [2.75, 3.05) is 32.8 Å². The number of aliphatic hydroxyl groups is 1. The summed E-state index contributed by atoms with van der Waals surface area (Å²) < 4.78 is 10.7. The maximum Gasteiger partial charge on any atom is 0.424 e. The molecule has 0 bridgehead atoms. The maximum atomic E-state index is 11.9. The molecule has 1 N–H and O–H groups in total. The van der Waals surface area contributed by atoms with Crippen LogP contribution in [0, 0.1) is 6.92 Å². The van der Waals surface area contributed by atoms with Crippen LogP contribution in [-0.4, -0.2) is 60.2 Å². The minimum Gasteiger partial charge on any atom is -0.492 e. The number of aryl methyl sites for hydroxylation is 1. The Labute approximate surface area is 131 Å². The number of carbonyl (C=O) groups excluding carboxylic acids is 1. The Hall–Kier alpha value is -1.79. The van der Waals surface area contributed by atoms with E-state index in [0.717, 1.165) is 5.75 Å². The Morgan fingerprint density at radius 2 is 2.05 bits per heavy atom. The average Bonchev–Trinajstić information content (AvgIpc) is 2.49. The molecule has 1 atom stereocenters. The number of cyclic esters (lactones) is 1. The van der Waals surface area contributed by atoms with Crippen molar-refractivity contribution in [2.45, 2.75) is 26.4 Å². The highest BCUT2D eigenvalue weighted by Crippen LogP contribution is 2.13. The Kier molecular flexibility index (Phi) is 6.03. The van der Waals surface area contributed by atoms with E-state index >= 15 is 0 Å². The molecule has 6 heteroatoms. The second-order valence-corrected chi connectivity index (χ2v) is 5.49. The second kappa shape index (κ2) is 8.00. The fraction of sp³-hybridized carbons (Fsp3) is 0.562. The summed E-state index contributed by atoms with van der Waals surface area (Å²) in [5, 5.41) is 12.9. The fourth-order valence-electron chi connectivity index (χ4n) is 2.23. The van der Waals surface area contributed by atoms with Crippen LogP contribution in [0.2, 0.25) is 0 Å². The van der Waals surface area contributed by atoms with E-state index < -0.39 is 0 Å². The molecular weight excluding hydrogens is 284 g/mol. The first-order valence-electron chi connectivity index (χ1n) is 7.63. The van der Waals surface area contributed by atoms with Gasteiger partial charge in [0.25, 0.3) is 0 Å². The molecule has 1 aromatic carbocycles. The molecule has 1 heterocycles. The molecule has 1 aliphatic heterocycles. The van der Waals surface area contributed by atoms with Gasteiger partial charge in [-0.25, -0.2) is 14.8 Å². The Morgan fingerprint density at radius 3 is 2.73 bits per heavy atom. The second-order valence-electron chi connectivity index (χ2n) is 5.49. The van der Waals surface area contributed by atoms with Gasteiger partial charge in [0.05, 0.1) is 19.2 Å². The summed E-state index contributed by atoms with van der Waals surface area (Å²) in [6, 6.07) is 7.79. The van der Waals surface area contributed by atoms with Gasteiger partial charge in [-0.15, -0.1) is 0 Å². The SMILES string of the molecule is Cc1ccc(OCCN2C(=O)OCCN2CCC(C)O)cc1. The molecule has 1 aromatic rings. The van der Waals surface area contributed by atoms with Crippen LogP contribution < -0.4 is 4.74 Å². The minimum atomic E-state index is -0.386. The normalized spacial score (nSPS) is 17.2. The molecule has 22 heavy (non-hydrogen) atoms. The number of aliphatic hydroxyl groups excluding tert-OH is 1. The van der Waals surface area contributed by atoms with Crippen molar-refractivity contribution in [3.05, 3.63) is 29.8 Å². The summed E-state index contributed by atoms with van der Waals surface area (Å²) in [5.41, 5.74) is 1.18. The van der Waals surface area contributed by atoms with Crippen LogP contribution in [0.15, 0.2) is 24.3 Å². The molecule has 0 radical (unpaired) electrons. The highest BCUT2D eigenvalue weighted by Gasteiger charge is 2.27. The Balaban J connectivity index is 1.84. The van der Waals surface area contributed by atoms with Gasteiger partial charge < -0.3 is 14.6 Å². The summed E-state index contributed by atoms with van der Waals surface area (Å²) in [4.78, 5) is 11.9. The van der Waals surface area contributed by atoms with E-state index in [2.05, 4.69) is 0 Å². The first-order chi connectivity index (χ1) is 10.6. The first kappa shape index (κ1) is 16.6. The van der Waals surface area contributed by atoms with Crippen LogP contribution in [0.3, 0.4) is 0 Å². The zero-order chi connectivity index (χ0) is 15.9. The predicted molar refractivity (Wildman–Crippen MR) is 82.6 cm³/mol. The van der Waals surface area contributed by atoms with Gasteiger partial charge >= 0.3 is 6.09 Å². The lowest BCUT2D eigenvalue weighted by Gasteiger charge is -2.37. The van der Waals surface area contributed by atoms with Gasteiger partial charge in [-0.3, -0.25) is 0 Å². The molecule has 1 amide bonds. The van der Waals surface area contributed by atoms with Gasteiger partial charge in [0.2, 0.25) is 0 Å². The van der Waals surface area contributed by atoms with Gasteiger partial charge in [0.1, 0.15) is 19.0 Å². The Morgan fingerprint density at radius 1 is 1.32 bits per heavy atom. The van der Waals surface area contributed by atoms with E-state index in [0.29, 0.717) is 39.3 Å². The van der Waals surface area contributed by atoms with E-state index in [4.69, 9.17) is 9.47 Å². The summed E-state index contributed by atoms with van der Waals surface area (Å²) in [6.45, 7) is 6.23. The molecule has 1 unspecified atom stereocenters. The largest absolute Gasteiger partial charge is 0.492 e. The van der Waals surface area contributed by atoms with Crippen molar-refractivity contribution < 1.29 is 19.4 Å². The van der Waals surface area contributed by atoms with Crippen LogP contribution in [0.1, 0.15) is 18.9 Å². The van der Waals surface area contributed by atoms with Crippen molar-refractivity contribution in [3.8, 4) is 5.75 Å². The molecular formula is C16H24N2O4. The van der Waals surface area contributed by atoms with Crippen molar-refractivity contribution in [1.29, 1.82) is 0 Å². The lowest BCUT2D eigenvalue weighted by atomic mass is 10.2. The van der Waals surface area contributed by atoms with Crippen LogP contribution in [-0.2, 0) is 4.74 Å². The highest BCUT2D eigenvalue weighted by molar-refractivity contribution is 5.67. The molecule has 122 valence electrons. The fourth-order valence-corrected chi connectivity index (χ4v) is 2.23. The minimum absolute atomic E-state index is 0.357. The number of carbonyl (C=O) groups is 1. The highest BCUT2D eigenvalue weighted by atomic mass is 16.6. The number of hydrazine groups is 1. The van der Waals surface area contributed by atoms with Crippen molar-refractivity contribution in [1.82, 2.24) is 10.0 Å². The molecule has 1 saturated heterocycles. The van der Waals surface area contributed by atoms with E-state index in [-0.39, 0.29) is 12.2 Å². The number of hydrogen-bond donors (Lipinski definition) is 1. The van der Waals surface area contributed by atoms with Crippen LogP contribution in [0.4, 0.5) is 4.79 Å². The van der Waals surface area contributed by atoms with Gasteiger partial charge in [0, 0.05) is 6.54 Å². The zero-order valence-corrected chi connectivity index (χ0v) is 13.2. The lowest BCUT2D eigenvalue weighted by Crippen LogP contribution is -2.54. The number of rotatable bonds is 7. The molecule has 1 aliphatic rings. The predicted octanol–water partition coefficient (Wildman–Crippen LogP) is 1.81. The molecule has 2 rings (SSSR count). The van der Waals surface area contributed by atoms with E-state index in [1.807, 2.05) is 36.2 Å². The lowest BCUT2D eigenvalue weighted by molar-refractivity contribution is -0.0764. The van der Waals surface area contributed by atoms with Gasteiger partial charge in [-0.2, -0.15) is 0 Å². The molecule has 0 spiro atoms.